The molecule has 6 heteroatoms. The first kappa shape index (κ1) is 14.8. The fraction of sp³-hybridized carbons (Fsp3) is 0.429. The molecule has 1 aromatic rings. The predicted octanol–water partition coefficient (Wildman–Crippen LogP) is 1.74. The van der Waals surface area contributed by atoms with Crippen molar-refractivity contribution in [1.29, 1.82) is 0 Å². The van der Waals surface area contributed by atoms with Gasteiger partial charge in [0.15, 0.2) is 0 Å². The predicted molar refractivity (Wildman–Crippen MR) is 80.5 cm³/mol. The molecular weight excluding hydrogens is 322 g/mol. The van der Waals surface area contributed by atoms with Crippen molar-refractivity contribution >= 4 is 27.9 Å². The Labute approximate surface area is 126 Å². The molecule has 0 spiro atoms. The van der Waals surface area contributed by atoms with Crippen LogP contribution in [0.4, 0.5) is 4.79 Å². The van der Waals surface area contributed by atoms with E-state index in [9.17, 15) is 9.59 Å². The number of carbonyl (C=O) groups is 2. The molecule has 0 aliphatic heterocycles. The van der Waals surface area contributed by atoms with Gasteiger partial charge in [0.25, 0.3) is 0 Å². The molecule has 3 amide bonds. The van der Waals surface area contributed by atoms with Crippen molar-refractivity contribution in [1.82, 2.24) is 16.0 Å². The van der Waals surface area contributed by atoms with Gasteiger partial charge in [-0.25, -0.2) is 4.79 Å². The van der Waals surface area contributed by atoms with E-state index in [-0.39, 0.29) is 18.0 Å². The van der Waals surface area contributed by atoms with Crippen LogP contribution in [0.3, 0.4) is 0 Å². The van der Waals surface area contributed by atoms with Crippen LogP contribution in [-0.2, 0) is 4.79 Å². The molecule has 0 unspecified atom stereocenters. The Balaban J connectivity index is 1.70. The maximum Gasteiger partial charge on any atom is 0.315 e. The first-order chi connectivity index (χ1) is 9.58. The van der Waals surface area contributed by atoms with Crippen molar-refractivity contribution < 1.29 is 9.59 Å². The van der Waals surface area contributed by atoms with E-state index < -0.39 is 0 Å². The van der Waals surface area contributed by atoms with Crippen LogP contribution in [0.5, 0.6) is 0 Å². The van der Waals surface area contributed by atoms with Gasteiger partial charge in [0, 0.05) is 36.4 Å². The summed E-state index contributed by atoms with van der Waals surface area (Å²) >= 11 is 3.53. The van der Waals surface area contributed by atoms with Crippen LogP contribution in [0.15, 0.2) is 28.7 Å². The summed E-state index contributed by atoms with van der Waals surface area (Å²) in [7, 11) is 0. The second-order valence-electron chi connectivity index (χ2n) is 4.85. The lowest BCUT2D eigenvalue weighted by molar-refractivity contribution is -0.118. The molecule has 108 valence electrons. The summed E-state index contributed by atoms with van der Waals surface area (Å²) in [6.07, 6.45) is 0.960. The molecule has 1 aliphatic rings. The Bertz CT molecular complexity index is 507. The highest BCUT2D eigenvalue weighted by Gasteiger charge is 2.40. The minimum atomic E-state index is -0.185. The highest BCUT2D eigenvalue weighted by atomic mass is 79.9. The molecule has 3 N–H and O–H groups in total. The highest BCUT2D eigenvalue weighted by Crippen LogP contribution is 2.43. The molecule has 0 saturated heterocycles. The van der Waals surface area contributed by atoms with E-state index in [0.29, 0.717) is 19.0 Å². The molecule has 0 bridgehead atoms. The van der Waals surface area contributed by atoms with E-state index in [4.69, 9.17) is 0 Å². The summed E-state index contributed by atoms with van der Waals surface area (Å²) in [6, 6.07) is 8.07. The maximum atomic E-state index is 11.7. The largest absolute Gasteiger partial charge is 0.355 e. The average Bonchev–Trinajstić information content (AvgIpc) is 3.14. The zero-order chi connectivity index (χ0) is 14.5. The van der Waals surface area contributed by atoms with Gasteiger partial charge in [-0.15, -0.1) is 0 Å². The molecule has 0 aromatic heterocycles. The van der Waals surface area contributed by atoms with Gasteiger partial charge in [-0.3, -0.25) is 4.79 Å². The number of rotatable bonds is 5. The standard InChI is InChI=1S/C14H18BrN3O2/c1-9(19)16-6-7-17-14(20)18-13-8-11(13)10-4-2-3-5-12(10)15/h2-5,11,13H,6-8H2,1H3,(H,16,19)(H2,17,18,20)/t11-,13+/m0/s1. The fourth-order valence-electron chi connectivity index (χ4n) is 2.11. The molecule has 0 heterocycles. The van der Waals surface area contributed by atoms with Gasteiger partial charge in [-0.1, -0.05) is 34.1 Å². The van der Waals surface area contributed by atoms with Crippen LogP contribution in [0.2, 0.25) is 0 Å². The molecule has 0 radical (unpaired) electrons. The fourth-order valence-corrected chi connectivity index (χ4v) is 2.69. The lowest BCUT2D eigenvalue weighted by Gasteiger charge is -2.08. The molecule has 1 fully saturated rings. The van der Waals surface area contributed by atoms with Crippen LogP contribution < -0.4 is 16.0 Å². The number of benzene rings is 1. The molecule has 1 saturated carbocycles. The highest BCUT2D eigenvalue weighted by molar-refractivity contribution is 9.10. The van der Waals surface area contributed by atoms with Crippen molar-refractivity contribution in [3.8, 4) is 0 Å². The monoisotopic (exact) mass is 339 g/mol. The Morgan fingerprint density at radius 2 is 1.95 bits per heavy atom. The van der Waals surface area contributed by atoms with Crippen molar-refractivity contribution in [3.05, 3.63) is 34.3 Å². The van der Waals surface area contributed by atoms with Crippen LogP contribution in [-0.4, -0.2) is 31.1 Å². The first-order valence-electron chi connectivity index (χ1n) is 6.61. The van der Waals surface area contributed by atoms with E-state index in [1.54, 1.807) is 0 Å². The topological polar surface area (TPSA) is 70.2 Å². The van der Waals surface area contributed by atoms with Crippen molar-refractivity contribution in [3.63, 3.8) is 0 Å². The summed E-state index contributed by atoms with van der Waals surface area (Å²) in [5.41, 5.74) is 1.23. The van der Waals surface area contributed by atoms with E-state index >= 15 is 0 Å². The number of halogens is 1. The van der Waals surface area contributed by atoms with Gasteiger partial charge in [0.1, 0.15) is 0 Å². The van der Waals surface area contributed by atoms with Crippen LogP contribution in [0, 0.1) is 0 Å². The number of carbonyl (C=O) groups excluding carboxylic acids is 2. The second-order valence-corrected chi connectivity index (χ2v) is 5.71. The zero-order valence-electron chi connectivity index (χ0n) is 11.3. The molecule has 20 heavy (non-hydrogen) atoms. The Morgan fingerprint density at radius 1 is 1.25 bits per heavy atom. The normalized spacial score (nSPS) is 20.1. The van der Waals surface area contributed by atoms with Crippen LogP contribution in [0.25, 0.3) is 0 Å². The summed E-state index contributed by atoms with van der Waals surface area (Å²) < 4.78 is 1.08. The lowest BCUT2D eigenvalue weighted by Crippen LogP contribution is -2.41. The third kappa shape index (κ3) is 4.23. The van der Waals surface area contributed by atoms with E-state index in [1.807, 2.05) is 18.2 Å². The third-order valence-electron chi connectivity index (χ3n) is 3.20. The van der Waals surface area contributed by atoms with Gasteiger partial charge >= 0.3 is 6.03 Å². The Kier molecular flexibility index (Phi) is 5.00. The minimum Gasteiger partial charge on any atom is -0.355 e. The quantitative estimate of drug-likeness (QED) is 0.715. The minimum absolute atomic E-state index is 0.0941. The number of nitrogens with one attached hydrogen (secondary N) is 3. The van der Waals surface area contributed by atoms with Crippen molar-refractivity contribution in [2.45, 2.75) is 25.3 Å². The Hall–Kier alpha value is -1.56. The second kappa shape index (κ2) is 6.74. The van der Waals surface area contributed by atoms with Crippen LogP contribution in [0.1, 0.15) is 24.8 Å². The molecule has 2 atom stereocenters. The van der Waals surface area contributed by atoms with E-state index in [1.165, 1.54) is 12.5 Å². The van der Waals surface area contributed by atoms with Crippen LogP contribution >= 0.6 is 15.9 Å². The summed E-state index contributed by atoms with van der Waals surface area (Å²) in [5.74, 6) is 0.287. The molecule has 1 aromatic carbocycles. The SMILES string of the molecule is CC(=O)NCCNC(=O)N[C@@H]1C[C@H]1c1ccccc1Br. The van der Waals surface area contributed by atoms with Gasteiger partial charge in [0.2, 0.25) is 5.91 Å². The molecular formula is C14H18BrN3O2. The number of urea groups is 1. The molecule has 2 rings (SSSR count). The third-order valence-corrected chi connectivity index (χ3v) is 3.92. The number of hydrogen-bond donors (Lipinski definition) is 3. The first-order valence-corrected chi connectivity index (χ1v) is 7.40. The lowest BCUT2D eigenvalue weighted by atomic mass is 10.1. The smallest absolute Gasteiger partial charge is 0.315 e. The Morgan fingerprint density at radius 3 is 2.65 bits per heavy atom. The molecule has 5 nitrogen and oxygen atoms in total. The summed E-state index contributed by atoms with van der Waals surface area (Å²) in [4.78, 5) is 22.3. The van der Waals surface area contributed by atoms with Gasteiger partial charge in [-0.2, -0.15) is 0 Å². The number of amides is 3. The van der Waals surface area contributed by atoms with Crippen molar-refractivity contribution in [2.75, 3.05) is 13.1 Å². The summed E-state index contributed by atoms with van der Waals surface area (Å²) in [5, 5.41) is 8.28. The number of hydrogen-bond acceptors (Lipinski definition) is 2. The summed E-state index contributed by atoms with van der Waals surface area (Å²) in [6.45, 7) is 2.32. The van der Waals surface area contributed by atoms with E-state index in [2.05, 4.69) is 37.9 Å². The van der Waals surface area contributed by atoms with E-state index in [0.717, 1.165) is 10.9 Å². The molecule has 1 aliphatic carbocycles. The van der Waals surface area contributed by atoms with Gasteiger partial charge < -0.3 is 16.0 Å². The van der Waals surface area contributed by atoms with Gasteiger partial charge in [0.05, 0.1) is 0 Å². The van der Waals surface area contributed by atoms with Gasteiger partial charge in [-0.05, 0) is 18.1 Å². The van der Waals surface area contributed by atoms with Crippen molar-refractivity contribution in [2.24, 2.45) is 0 Å². The zero-order valence-corrected chi connectivity index (χ0v) is 12.9. The maximum absolute atomic E-state index is 11.7. The average molecular weight is 340 g/mol.